The first-order valence-corrected chi connectivity index (χ1v) is 6.72. The summed E-state index contributed by atoms with van der Waals surface area (Å²) in [4.78, 5) is 0. The predicted octanol–water partition coefficient (Wildman–Crippen LogP) is 5.46. The fourth-order valence-electron chi connectivity index (χ4n) is 2.37. The van der Waals surface area contributed by atoms with Crippen LogP contribution in [0.15, 0.2) is 30.3 Å². The van der Waals surface area contributed by atoms with E-state index in [-0.39, 0.29) is 11.2 Å². The molecule has 0 heterocycles. The molecule has 1 aliphatic rings. The van der Waals surface area contributed by atoms with Crippen LogP contribution in [0.25, 0.3) is 5.03 Å². The number of hydrogen-bond acceptors (Lipinski definition) is 1. The first kappa shape index (κ1) is 15.2. The minimum atomic E-state index is -4.67. The van der Waals surface area contributed by atoms with Crippen molar-refractivity contribution in [1.29, 1.82) is 0 Å². The number of halogens is 4. The van der Waals surface area contributed by atoms with Crippen LogP contribution >= 0.6 is 11.6 Å². The van der Waals surface area contributed by atoms with Crippen LogP contribution in [0.4, 0.5) is 13.2 Å². The zero-order valence-corrected chi connectivity index (χ0v) is 12.2. The van der Waals surface area contributed by atoms with Gasteiger partial charge in [0, 0.05) is 5.03 Å². The molecule has 0 spiro atoms. The summed E-state index contributed by atoms with van der Waals surface area (Å²) in [6, 6.07) is 5.58. The van der Waals surface area contributed by atoms with Crippen molar-refractivity contribution in [3.05, 3.63) is 35.9 Å². The van der Waals surface area contributed by atoms with E-state index in [1.165, 1.54) is 24.3 Å². The Labute approximate surface area is 121 Å². The molecule has 2 atom stereocenters. The van der Waals surface area contributed by atoms with E-state index in [0.717, 1.165) is 0 Å². The number of hydrogen-bond donors (Lipinski definition) is 0. The number of ether oxygens (including phenoxy) is 1. The maximum Gasteiger partial charge on any atom is 0.573 e. The lowest BCUT2D eigenvalue weighted by molar-refractivity contribution is -0.274. The van der Waals surface area contributed by atoms with E-state index in [0.29, 0.717) is 22.4 Å². The van der Waals surface area contributed by atoms with Crippen LogP contribution in [0.2, 0.25) is 0 Å². The minimum Gasteiger partial charge on any atom is -0.406 e. The molecule has 0 radical (unpaired) electrons. The highest BCUT2D eigenvalue weighted by Gasteiger charge is 2.53. The van der Waals surface area contributed by atoms with Crippen LogP contribution in [0.3, 0.4) is 0 Å². The molecule has 0 amide bonds. The molecule has 1 aromatic carbocycles. The third kappa shape index (κ3) is 3.29. The molecule has 0 saturated heterocycles. The topological polar surface area (TPSA) is 9.23 Å². The van der Waals surface area contributed by atoms with Crippen LogP contribution in [0.5, 0.6) is 5.75 Å². The second kappa shape index (κ2) is 4.99. The lowest BCUT2D eigenvalue weighted by Crippen LogP contribution is -2.16. The van der Waals surface area contributed by atoms with Crippen LogP contribution in [-0.2, 0) is 0 Å². The largest absolute Gasteiger partial charge is 0.573 e. The van der Waals surface area contributed by atoms with Gasteiger partial charge >= 0.3 is 6.36 Å². The molecule has 2 unspecified atom stereocenters. The maximum atomic E-state index is 12.0. The van der Waals surface area contributed by atoms with Gasteiger partial charge in [-0.2, -0.15) is 0 Å². The van der Waals surface area contributed by atoms with Crippen molar-refractivity contribution in [3.8, 4) is 5.75 Å². The van der Waals surface area contributed by atoms with E-state index in [9.17, 15) is 13.2 Å². The zero-order chi connectivity index (χ0) is 15.1. The average molecular weight is 305 g/mol. The molecule has 0 bridgehead atoms. The van der Waals surface area contributed by atoms with Crippen LogP contribution in [0.1, 0.15) is 26.3 Å². The van der Waals surface area contributed by atoms with Gasteiger partial charge in [0.2, 0.25) is 0 Å². The predicted molar refractivity (Wildman–Crippen MR) is 73.4 cm³/mol. The Hall–Kier alpha value is -1.16. The lowest BCUT2D eigenvalue weighted by atomic mass is 10.1. The molecule has 110 valence electrons. The summed E-state index contributed by atoms with van der Waals surface area (Å²) in [5, 5.41) is 0.561. The fraction of sp³-hybridized carbons (Fsp3) is 0.467. The number of allylic oxidation sites excluding steroid dienone is 1. The molecule has 20 heavy (non-hydrogen) atoms. The van der Waals surface area contributed by atoms with E-state index in [2.05, 4.69) is 25.5 Å². The second-order valence-electron chi connectivity index (χ2n) is 5.72. The molecular formula is C15H16ClF3O. The summed E-state index contributed by atoms with van der Waals surface area (Å²) in [6.07, 6.45) is -2.69. The fourth-order valence-corrected chi connectivity index (χ4v) is 2.63. The van der Waals surface area contributed by atoms with E-state index in [1.807, 2.05) is 6.08 Å². The highest BCUT2D eigenvalue weighted by Crippen LogP contribution is 2.59. The van der Waals surface area contributed by atoms with E-state index in [1.54, 1.807) is 0 Å². The summed E-state index contributed by atoms with van der Waals surface area (Å²) in [7, 11) is 0. The average Bonchev–Trinajstić information content (AvgIpc) is 2.78. The standard InChI is InChI=1S/C15H16ClF3O/c1-9-12(14(9,2)3)8-13(16)10-4-6-11(7-5-10)20-15(17,18)19/h4-9,12H,1-3H3. The van der Waals surface area contributed by atoms with Gasteiger partial charge in [0.15, 0.2) is 0 Å². The monoisotopic (exact) mass is 304 g/mol. The maximum absolute atomic E-state index is 12.0. The highest BCUT2D eigenvalue weighted by atomic mass is 35.5. The van der Waals surface area contributed by atoms with Crippen molar-refractivity contribution in [1.82, 2.24) is 0 Å². The van der Waals surface area contributed by atoms with Gasteiger partial charge in [0.25, 0.3) is 0 Å². The van der Waals surface area contributed by atoms with Gasteiger partial charge in [-0.1, -0.05) is 38.4 Å². The number of benzene rings is 1. The third-order valence-electron chi connectivity index (χ3n) is 4.15. The molecule has 1 aliphatic carbocycles. The van der Waals surface area contributed by atoms with Crippen molar-refractivity contribution in [3.63, 3.8) is 0 Å². The Morgan fingerprint density at radius 1 is 1.25 bits per heavy atom. The molecule has 1 fully saturated rings. The molecule has 0 aromatic heterocycles. The van der Waals surface area contributed by atoms with Crippen LogP contribution in [0, 0.1) is 17.3 Å². The van der Waals surface area contributed by atoms with Gasteiger partial charge < -0.3 is 4.74 Å². The SMILES string of the molecule is CC1C(C=C(Cl)c2ccc(OC(F)(F)F)cc2)C1(C)C. The Balaban J connectivity index is 2.09. The van der Waals surface area contributed by atoms with Gasteiger partial charge in [-0.3, -0.25) is 0 Å². The van der Waals surface area contributed by atoms with Crippen molar-refractivity contribution in [2.75, 3.05) is 0 Å². The molecule has 1 nitrogen and oxygen atoms in total. The highest BCUT2D eigenvalue weighted by molar-refractivity contribution is 6.48. The lowest BCUT2D eigenvalue weighted by Gasteiger charge is -2.09. The summed E-state index contributed by atoms with van der Waals surface area (Å²) < 4.78 is 40.0. The van der Waals surface area contributed by atoms with Crippen molar-refractivity contribution >= 4 is 16.6 Å². The van der Waals surface area contributed by atoms with Crippen molar-refractivity contribution in [2.24, 2.45) is 17.3 Å². The number of alkyl halides is 3. The van der Waals surface area contributed by atoms with Gasteiger partial charge in [0.1, 0.15) is 5.75 Å². The number of rotatable bonds is 3. The Kier molecular flexibility index (Phi) is 3.80. The van der Waals surface area contributed by atoms with Crippen LogP contribution < -0.4 is 4.74 Å². The normalized spacial score (nSPS) is 25.4. The first-order valence-electron chi connectivity index (χ1n) is 6.35. The van der Waals surface area contributed by atoms with Gasteiger partial charge in [0.05, 0.1) is 0 Å². The van der Waals surface area contributed by atoms with Crippen LogP contribution in [-0.4, -0.2) is 6.36 Å². The zero-order valence-electron chi connectivity index (χ0n) is 11.5. The molecular weight excluding hydrogens is 289 g/mol. The van der Waals surface area contributed by atoms with E-state index < -0.39 is 6.36 Å². The summed E-state index contributed by atoms with van der Waals surface area (Å²) in [6.45, 7) is 6.50. The van der Waals surface area contributed by atoms with E-state index >= 15 is 0 Å². The molecule has 0 aliphatic heterocycles. The third-order valence-corrected chi connectivity index (χ3v) is 4.50. The van der Waals surface area contributed by atoms with Gasteiger partial charge in [-0.25, -0.2) is 0 Å². The summed E-state index contributed by atoms with van der Waals surface area (Å²) in [5.41, 5.74) is 0.926. The molecule has 5 heteroatoms. The molecule has 1 aromatic rings. The Morgan fingerprint density at radius 3 is 2.15 bits per heavy atom. The summed E-state index contributed by atoms with van der Waals surface area (Å²) in [5.74, 6) is 0.719. The van der Waals surface area contributed by atoms with Crippen molar-refractivity contribution < 1.29 is 17.9 Å². The smallest absolute Gasteiger partial charge is 0.406 e. The summed E-state index contributed by atoms with van der Waals surface area (Å²) >= 11 is 6.22. The molecule has 2 rings (SSSR count). The minimum absolute atomic E-state index is 0.236. The molecule has 1 saturated carbocycles. The van der Waals surface area contributed by atoms with Crippen molar-refractivity contribution in [2.45, 2.75) is 27.1 Å². The first-order chi connectivity index (χ1) is 9.11. The quantitative estimate of drug-likeness (QED) is 0.721. The molecule has 0 N–H and O–H groups in total. The van der Waals surface area contributed by atoms with Gasteiger partial charge in [-0.05, 0) is 47.1 Å². The Morgan fingerprint density at radius 2 is 1.75 bits per heavy atom. The Bertz CT molecular complexity index is 517. The van der Waals surface area contributed by atoms with E-state index in [4.69, 9.17) is 11.6 Å². The second-order valence-corrected chi connectivity index (χ2v) is 6.13. The van der Waals surface area contributed by atoms with Gasteiger partial charge in [-0.15, -0.1) is 13.2 Å².